The van der Waals surface area contributed by atoms with Gasteiger partial charge in [0.2, 0.25) is 5.91 Å². The summed E-state index contributed by atoms with van der Waals surface area (Å²) < 4.78 is 0. The van der Waals surface area contributed by atoms with Gasteiger partial charge in [-0.25, -0.2) is 0 Å². The summed E-state index contributed by atoms with van der Waals surface area (Å²) in [6.45, 7) is 12.5. The smallest absolute Gasteiger partial charge is 0.241 e. The molecule has 1 amide bonds. The quantitative estimate of drug-likeness (QED) is 0.724. The number of benzene rings is 1. The second-order valence-corrected chi connectivity index (χ2v) is 7.93. The monoisotopic (exact) mass is 333 g/mol. The molecular formula is C20H35N3O. The number of anilines is 1. The van der Waals surface area contributed by atoms with E-state index in [1.165, 1.54) is 5.56 Å². The SMILES string of the molecule is CC[C@H](C)c1ccc(NC(=O)[C@H](C)NCC(C)(C)CN(C)C)cc1. The molecule has 0 fully saturated rings. The van der Waals surface area contributed by atoms with Gasteiger partial charge in [-0.3, -0.25) is 4.79 Å². The number of hydrogen-bond donors (Lipinski definition) is 2. The summed E-state index contributed by atoms with van der Waals surface area (Å²) in [5, 5.41) is 6.34. The molecule has 0 aliphatic carbocycles. The fourth-order valence-electron chi connectivity index (χ4n) is 2.82. The highest BCUT2D eigenvalue weighted by Gasteiger charge is 2.21. The molecule has 0 saturated carbocycles. The van der Waals surface area contributed by atoms with E-state index in [1.54, 1.807) is 0 Å². The minimum Gasteiger partial charge on any atom is -0.325 e. The van der Waals surface area contributed by atoms with Gasteiger partial charge in [0, 0.05) is 18.8 Å². The van der Waals surface area contributed by atoms with Crippen molar-refractivity contribution in [1.29, 1.82) is 0 Å². The molecule has 0 radical (unpaired) electrons. The number of carbonyl (C=O) groups excluding carboxylic acids is 1. The lowest BCUT2D eigenvalue weighted by molar-refractivity contribution is -0.117. The topological polar surface area (TPSA) is 44.4 Å². The van der Waals surface area contributed by atoms with Crippen LogP contribution in [0.2, 0.25) is 0 Å². The van der Waals surface area contributed by atoms with Crippen LogP contribution in [-0.2, 0) is 4.79 Å². The summed E-state index contributed by atoms with van der Waals surface area (Å²) in [4.78, 5) is 14.5. The summed E-state index contributed by atoms with van der Waals surface area (Å²) in [6, 6.07) is 7.95. The molecule has 4 nitrogen and oxygen atoms in total. The van der Waals surface area contributed by atoms with Crippen LogP contribution in [-0.4, -0.2) is 44.0 Å². The summed E-state index contributed by atoms with van der Waals surface area (Å²) in [5.74, 6) is 0.557. The highest BCUT2D eigenvalue weighted by Crippen LogP contribution is 2.20. The molecule has 2 atom stereocenters. The van der Waals surface area contributed by atoms with Crippen molar-refractivity contribution in [2.75, 3.05) is 32.5 Å². The fraction of sp³-hybridized carbons (Fsp3) is 0.650. The van der Waals surface area contributed by atoms with Crippen molar-refractivity contribution >= 4 is 11.6 Å². The summed E-state index contributed by atoms with van der Waals surface area (Å²) in [6.07, 6.45) is 1.12. The zero-order chi connectivity index (χ0) is 18.3. The highest BCUT2D eigenvalue weighted by atomic mass is 16.2. The Balaban J connectivity index is 2.52. The Morgan fingerprint density at radius 3 is 2.25 bits per heavy atom. The maximum atomic E-state index is 12.3. The largest absolute Gasteiger partial charge is 0.325 e. The molecule has 0 bridgehead atoms. The minimum atomic E-state index is -0.222. The molecule has 0 aliphatic heterocycles. The van der Waals surface area contributed by atoms with Gasteiger partial charge < -0.3 is 15.5 Å². The molecule has 1 aromatic rings. The zero-order valence-electron chi connectivity index (χ0n) is 16.4. The summed E-state index contributed by atoms with van der Waals surface area (Å²) in [5.41, 5.74) is 2.29. The van der Waals surface area contributed by atoms with Gasteiger partial charge in [-0.1, -0.05) is 39.8 Å². The van der Waals surface area contributed by atoms with Gasteiger partial charge in [0.25, 0.3) is 0 Å². The molecule has 136 valence electrons. The van der Waals surface area contributed by atoms with Crippen molar-refractivity contribution in [2.24, 2.45) is 5.41 Å². The first-order valence-corrected chi connectivity index (χ1v) is 8.93. The van der Waals surface area contributed by atoms with Crippen molar-refractivity contribution < 1.29 is 4.79 Å². The standard InChI is InChI=1S/C20H35N3O/c1-8-15(2)17-9-11-18(12-10-17)22-19(24)16(3)21-13-20(4,5)14-23(6)7/h9-12,15-16,21H,8,13-14H2,1-7H3,(H,22,24)/t15-,16-/m0/s1. The van der Waals surface area contributed by atoms with E-state index in [-0.39, 0.29) is 17.4 Å². The van der Waals surface area contributed by atoms with Gasteiger partial charge in [-0.15, -0.1) is 0 Å². The molecule has 1 aromatic carbocycles. The van der Waals surface area contributed by atoms with Gasteiger partial charge in [-0.2, -0.15) is 0 Å². The minimum absolute atomic E-state index is 0.00643. The van der Waals surface area contributed by atoms with E-state index >= 15 is 0 Å². The van der Waals surface area contributed by atoms with Gasteiger partial charge in [0.05, 0.1) is 6.04 Å². The van der Waals surface area contributed by atoms with Gasteiger partial charge in [0.15, 0.2) is 0 Å². The van der Waals surface area contributed by atoms with Crippen molar-refractivity contribution in [3.63, 3.8) is 0 Å². The number of rotatable bonds is 9. The lowest BCUT2D eigenvalue weighted by Gasteiger charge is -2.29. The van der Waals surface area contributed by atoms with Crippen molar-refractivity contribution in [2.45, 2.75) is 53.0 Å². The number of nitrogens with one attached hydrogen (secondary N) is 2. The first kappa shape index (κ1) is 20.7. The van der Waals surface area contributed by atoms with Crippen LogP contribution in [0.3, 0.4) is 0 Å². The van der Waals surface area contributed by atoms with E-state index in [9.17, 15) is 4.79 Å². The molecule has 1 rings (SSSR count). The maximum Gasteiger partial charge on any atom is 0.241 e. The Bertz CT molecular complexity index is 508. The van der Waals surface area contributed by atoms with Crippen LogP contribution in [0.1, 0.15) is 52.5 Å². The van der Waals surface area contributed by atoms with Gasteiger partial charge in [-0.05, 0) is 56.5 Å². The van der Waals surface area contributed by atoms with Crippen molar-refractivity contribution in [3.8, 4) is 0 Å². The summed E-state index contributed by atoms with van der Waals surface area (Å²) in [7, 11) is 4.14. The maximum absolute atomic E-state index is 12.3. The van der Waals surface area contributed by atoms with E-state index in [2.05, 4.69) is 69.5 Å². The Kier molecular flexibility index (Phi) is 7.91. The fourth-order valence-corrected chi connectivity index (χ4v) is 2.82. The Labute approximate surface area is 148 Å². The predicted octanol–water partition coefficient (Wildman–Crippen LogP) is 3.70. The van der Waals surface area contributed by atoms with Crippen molar-refractivity contribution in [3.05, 3.63) is 29.8 Å². The Morgan fingerprint density at radius 1 is 1.17 bits per heavy atom. The van der Waals surface area contributed by atoms with Crippen LogP contribution in [0.25, 0.3) is 0 Å². The molecule has 2 N–H and O–H groups in total. The van der Waals surface area contributed by atoms with Gasteiger partial charge in [0.1, 0.15) is 0 Å². The second-order valence-electron chi connectivity index (χ2n) is 7.93. The number of nitrogens with zero attached hydrogens (tertiary/aromatic N) is 1. The number of amides is 1. The van der Waals surface area contributed by atoms with E-state index in [4.69, 9.17) is 0 Å². The molecule has 4 heteroatoms. The summed E-state index contributed by atoms with van der Waals surface area (Å²) >= 11 is 0. The number of carbonyl (C=O) groups is 1. The van der Waals surface area contributed by atoms with Crippen LogP contribution in [0.4, 0.5) is 5.69 Å². The molecule has 0 aromatic heterocycles. The molecule has 0 aliphatic rings. The highest BCUT2D eigenvalue weighted by molar-refractivity contribution is 5.94. The lowest BCUT2D eigenvalue weighted by Crippen LogP contribution is -2.45. The average molecular weight is 334 g/mol. The van der Waals surface area contributed by atoms with E-state index < -0.39 is 0 Å². The van der Waals surface area contributed by atoms with Crippen LogP contribution in [0, 0.1) is 5.41 Å². The van der Waals surface area contributed by atoms with Crippen molar-refractivity contribution in [1.82, 2.24) is 10.2 Å². The Hall–Kier alpha value is -1.39. The van der Waals surface area contributed by atoms with E-state index in [0.29, 0.717) is 5.92 Å². The van der Waals surface area contributed by atoms with Crippen LogP contribution >= 0.6 is 0 Å². The molecular weight excluding hydrogens is 298 g/mol. The van der Waals surface area contributed by atoms with E-state index in [0.717, 1.165) is 25.2 Å². The third kappa shape index (κ3) is 7.02. The first-order valence-electron chi connectivity index (χ1n) is 8.93. The van der Waals surface area contributed by atoms with Crippen LogP contribution in [0.15, 0.2) is 24.3 Å². The number of hydrogen-bond acceptors (Lipinski definition) is 3. The predicted molar refractivity (Wildman–Crippen MR) is 104 cm³/mol. The molecule has 0 unspecified atom stereocenters. The van der Waals surface area contributed by atoms with Crippen LogP contribution in [0.5, 0.6) is 0 Å². The third-order valence-corrected chi connectivity index (χ3v) is 4.38. The molecule has 0 heterocycles. The van der Waals surface area contributed by atoms with Gasteiger partial charge >= 0.3 is 0 Å². The average Bonchev–Trinajstić information content (AvgIpc) is 2.51. The third-order valence-electron chi connectivity index (χ3n) is 4.38. The molecule has 24 heavy (non-hydrogen) atoms. The molecule has 0 spiro atoms. The normalized spacial score (nSPS) is 14.5. The first-order chi connectivity index (χ1) is 11.1. The van der Waals surface area contributed by atoms with E-state index in [1.807, 2.05) is 19.1 Å². The Morgan fingerprint density at radius 2 is 1.75 bits per heavy atom. The van der Waals surface area contributed by atoms with Crippen LogP contribution < -0.4 is 10.6 Å². The second kappa shape index (κ2) is 9.19. The molecule has 0 saturated heterocycles. The zero-order valence-corrected chi connectivity index (χ0v) is 16.4. The lowest BCUT2D eigenvalue weighted by atomic mass is 9.92.